The topological polar surface area (TPSA) is 59.0 Å². The number of benzene rings is 2. The Hall–Kier alpha value is -2.60. The molecule has 1 aliphatic rings. The van der Waals surface area contributed by atoms with E-state index >= 15 is 0 Å². The van der Waals surface area contributed by atoms with Crippen LogP contribution in [0.3, 0.4) is 0 Å². The summed E-state index contributed by atoms with van der Waals surface area (Å²) < 4.78 is 24.6. The van der Waals surface area contributed by atoms with Crippen LogP contribution in [0.15, 0.2) is 42.5 Å². The number of ether oxygens (including phenoxy) is 2. The van der Waals surface area contributed by atoms with Crippen LogP contribution in [0.2, 0.25) is 0 Å². The van der Waals surface area contributed by atoms with Gasteiger partial charge in [0, 0.05) is 6.54 Å². The number of carboxylic acid groups (broad SMARTS) is 1. The zero-order chi connectivity index (χ0) is 18.7. The summed E-state index contributed by atoms with van der Waals surface area (Å²) in [6.07, 6.45) is 1.36. The number of carbonyl (C=O) groups is 1. The van der Waals surface area contributed by atoms with Crippen LogP contribution in [-0.2, 0) is 4.79 Å². The molecule has 26 heavy (non-hydrogen) atoms. The molecule has 0 saturated carbocycles. The summed E-state index contributed by atoms with van der Waals surface area (Å²) in [5.41, 5.74) is 1.54. The third-order valence-corrected chi connectivity index (χ3v) is 4.84. The van der Waals surface area contributed by atoms with Crippen molar-refractivity contribution in [1.29, 1.82) is 0 Å². The lowest BCUT2D eigenvalue weighted by molar-refractivity contribution is -0.142. The number of methoxy groups -OCH3 is 2. The maximum Gasteiger partial charge on any atom is 0.320 e. The molecule has 1 heterocycles. The van der Waals surface area contributed by atoms with Crippen LogP contribution in [0, 0.1) is 5.82 Å². The maximum atomic E-state index is 13.5. The van der Waals surface area contributed by atoms with Crippen molar-refractivity contribution in [3.05, 3.63) is 59.4 Å². The zero-order valence-corrected chi connectivity index (χ0v) is 14.8. The Labute approximate surface area is 152 Å². The molecule has 0 amide bonds. The van der Waals surface area contributed by atoms with Crippen molar-refractivity contribution in [2.75, 3.05) is 20.8 Å². The van der Waals surface area contributed by atoms with Gasteiger partial charge in [-0.1, -0.05) is 18.2 Å². The highest BCUT2D eigenvalue weighted by Crippen LogP contribution is 2.43. The fourth-order valence-corrected chi connectivity index (χ4v) is 3.68. The molecule has 2 aromatic carbocycles. The van der Waals surface area contributed by atoms with Crippen LogP contribution < -0.4 is 9.47 Å². The minimum atomic E-state index is -0.858. The van der Waals surface area contributed by atoms with Crippen LogP contribution in [0.25, 0.3) is 0 Å². The molecule has 2 unspecified atom stereocenters. The molecule has 0 spiro atoms. The van der Waals surface area contributed by atoms with E-state index < -0.39 is 18.1 Å². The van der Waals surface area contributed by atoms with E-state index in [4.69, 9.17) is 9.47 Å². The summed E-state index contributed by atoms with van der Waals surface area (Å²) in [6.45, 7) is 0.625. The first-order valence-electron chi connectivity index (χ1n) is 8.51. The summed E-state index contributed by atoms with van der Waals surface area (Å²) >= 11 is 0. The minimum absolute atomic E-state index is 0.337. The predicted molar refractivity (Wildman–Crippen MR) is 95.2 cm³/mol. The second-order valence-electron chi connectivity index (χ2n) is 6.26. The van der Waals surface area contributed by atoms with Gasteiger partial charge in [0.2, 0.25) is 0 Å². The monoisotopic (exact) mass is 359 g/mol. The first-order chi connectivity index (χ1) is 12.6. The summed E-state index contributed by atoms with van der Waals surface area (Å²) in [5.74, 6) is 0.0172. The van der Waals surface area contributed by atoms with Gasteiger partial charge in [-0.05, 0) is 42.7 Å². The molecule has 2 aromatic rings. The molecule has 0 bridgehead atoms. The SMILES string of the molecule is COc1cccc(OC)c1C(c1ccc(F)cc1)N1CCCC1C(=O)O. The average molecular weight is 359 g/mol. The van der Waals surface area contributed by atoms with E-state index in [0.717, 1.165) is 17.5 Å². The molecule has 0 radical (unpaired) electrons. The zero-order valence-electron chi connectivity index (χ0n) is 14.8. The average Bonchev–Trinajstić information content (AvgIpc) is 3.13. The first-order valence-corrected chi connectivity index (χ1v) is 8.51. The smallest absolute Gasteiger partial charge is 0.320 e. The van der Waals surface area contributed by atoms with Crippen molar-refractivity contribution >= 4 is 5.97 Å². The maximum absolute atomic E-state index is 13.5. The molecule has 2 atom stereocenters. The van der Waals surface area contributed by atoms with Crippen molar-refractivity contribution < 1.29 is 23.8 Å². The van der Waals surface area contributed by atoms with Gasteiger partial charge in [-0.3, -0.25) is 9.69 Å². The molecule has 1 saturated heterocycles. The van der Waals surface area contributed by atoms with E-state index in [9.17, 15) is 14.3 Å². The summed E-state index contributed by atoms with van der Waals surface area (Å²) in [6, 6.07) is 10.6. The molecule has 1 aliphatic heterocycles. The van der Waals surface area contributed by atoms with E-state index in [1.54, 1.807) is 26.4 Å². The summed E-state index contributed by atoms with van der Waals surface area (Å²) in [5, 5.41) is 9.66. The van der Waals surface area contributed by atoms with Crippen molar-refractivity contribution in [2.24, 2.45) is 0 Å². The Bertz CT molecular complexity index is 756. The molecule has 5 nitrogen and oxygen atoms in total. The fourth-order valence-electron chi connectivity index (χ4n) is 3.68. The van der Waals surface area contributed by atoms with Crippen LogP contribution in [0.5, 0.6) is 11.5 Å². The lowest BCUT2D eigenvalue weighted by Gasteiger charge is -2.33. The number of likely N-dealkylation sites (tertiary alicyclic amines) is 1. The predicted octanol–water partition coefficient (Wildman–Crippen LogP) is 3.48. The fraction of sp³-hybridized carbons (Fsp3) is 0.350. The van der Waals surface area contributed by atoms with Gasteiger partial charge in [-0.2, -0.15) is 0 Å². The van der Waals surface area contributed by atoms with E-state index in [-0.39, 0.29) is 5.82 Å². The van der Waals surface area contributed by atoms with Crippen molar-refractivity contribution in [3.63, 3.8) is 0 Å². The number of carboxylic acids is 1. The molecule has 0 aliphatic carbocycles. The molecular formula is C20H22FNO4. The Morgan fingerprint density at radius 2 is 1.77 bits per heavy atom. The molecule has 0 aromatic heterocycles. The van der Waals surface area contributed by atoms with Gasteiger partial charge in [0.25, 0.3) is 0 Å². The standard InChI is InChI=1S/C20H22FNO4/c1-25-16-6-3-7-17(26-2)18(16)19(13-8-10-14(21)11-9-13)22-12-4-5-15(22)20(23)24/h3,6-11,15,19H,4-5,12H2,1-2H3,(H,23,24). The van der Waals surface area contributed by atoms with E-state index in [0.29, 0.717) is 24.5 Å². The molecule has 1 fully saturated rings. The number of hydrogen-bond acceptors (Lipinski definition) is 4. The van der Waals surface area contributed by atoms with Gasteiger partial charge >= 0.3 is 5.97 Å². The van der Waals surface area contributed by atoms with Gasteiger partial charge in [0.15, 0.2) is 0 Å². The number of aliphatic carboxylic acids is 1. The van der Waals surface area contributed by atoms with Gasteiger partial charge in [-0.25, -0.2) is 4.39 Å². The van der Waals surface area contributed by atoms with Crippen LogP contribution in [0.4, 0.5) is 4.39 Å². The number of hydrogen-bond donors (Lipinski definition) is 1. The van der Waals surface area contributed by atoms with Crippen LogP contribution in [-0.4, -0.2) is 42.8 Å². The highest BCUT2D eigenvalue weighted by atomic mass is 19.1. The van der Waals surface area contributed by atoms with E-state index in [1.165, 1.54) is 12.1 Å². The molecule has 1 N–H and O–H groups in total. The van der Waals surface area contributed by atoms with Crippen molar-refractivity contribution in [2.45, 2.75) is 24.9 Å². The van der Waals surface area contributed by atoms with Gasteiger partial charge in [-0.15, -0.1) is 0 Å². The largest absolute Gasteiger partial charge is 0.496 e. The van der Waals surface area contributed by atoms with Crippen LogP contribution in [0.1, 0.15) is 30.0 Å². The Morgan fingerprint density at radius 3 is 2.31 bits per heavy atom. The number of rotatable bonds is 6. The van der Waals surface area contributed by atoms with Gasteiger partial charge < -0.3 is 14.6 Å². The van der Waals surface area contributed by atoms with E-state index in [1.807, 2.05) is 23.1 Å². The third-order valence-electron chi connectivity index (χ3n) is 4.84. The highest BCUT2D eigenvalue weighted by molar-refractivity contribution is 5.74. The highest BCUT2D eigenvalue weighted by Gasteiger charge is 2.39. The Kier molecular flexibility index (Phi) is 5.42. The second kappa shape index (κ2) is 7.74. The lowest BCUT2D eigenvalue weighted by Crippen LogP contribution is -2.39. The molecule has 6 heteroatoms. The van der Waals surface area contributed by atoms with Gasteiger partial charge in [0.05, 0.1) is 25.8 Å². The first kappa shape index (κ1) is 18.2. The minimum Gasteiger partial charge on any atom is -0.496 e. The van der Waals surface area contributed by atoms with E-state index in [2.05, 4.69) is 0 Å². The Balaban J connectivity index is 2.19. The second-order valence-corrected chi connectivity index (χ2v) is 6.26. The molecule has 138 valence electrons. The quantitative estimate of drug-likeness (QED) is 0.856. The van der Waals surface area contributed by atoms with Crippen LogP contribution >= 0.6 is 0 Å². The Morgan fingerprint density at radius 1 is 1.15 bits per heavy atom. The summed E-state index contributed by atoms with van der Waals surface area (Å²) in [4.78, 5) is 13.7. The summed E-state index contributed by atoms with van der Waals surface area (Å²) in [7, 11) is 3.14. The molecular weight excluding hydrogens is 337 g/mol. The molecule has 3 rings (SSSR count). The van der Waals surface area contributed by atoms with Crippen molar-refractivity contribution in [1.82, 2.24) is 4.90 Å². The normalized spacial score (nSPS) is 18.5. The third kappa shape index (κ3) is 3.37. The number of halogens is 1. The van der Waals surface area contributed by atoms with Crippen molar-refractivity contribution in [3.8, 4) is 11.5 Å². The lowest BCUT2D eigenvalue weighted by atomic mass is 9.94. The number of nitrogens with zero attached hydrogens (tertiary/aromatic N) is 1. The van der Waals surface area contributed by atoms with Gasteiger partial charge in [0.1, 0.15) is 23.4 Å².